The molecule has 0 saturated carbocycles. The van der Waals surface area contributed by atoms with E-state index < -0.39 is 0 Å². The van der Waals surface area contributed by atoms with Crippen molar-refractivity contribution in [3.8, 4) is 0 Å². The fourth-order valence-corrected chi connectivity index (χ4v) is 0. The van der Waals surface area contributed by atoms with Gasteiger partial charge in [-0.2, -0.15) is 0 Å². The number of rotatable bonds is 0. The molecule has 4 heavy (non-hydrogen) atoms. The van der Waals surface area contributed by atoms with E-state index in [2.05, 4.69) is 17.6 Å². The Balaban J connectivity index is 3.11. The molecule has 0 fully saturated rings. The van der Waals surface area contributed by atoms with Crippen LogP contribution in [0.2, 0.25) is 0 Å². The number of hydrogen-bond acceptors (Lipinski definition) is 0. The molecule has 0 N–H and O–H groups in total. The molecule has 0 radical (unpaired) electrons. The second kappa shape index (κ2) is 2.45. The smallest absolute Gasteiger partial charge is 0.153 e. The van der Waals surface area contributed by atoms with E-state index in [1.54, 1.807) is 6.92 Å². The topological polar surface area (TPSA) is 14.1 Å². The van der Waals surface area contributed by atoms with Crippen LogP contribution in [0.15, 0.2) is 0 Å². The van der Waals surface area contributed by atoms with E-state index in [-0.39, 0.29) is 0 Å². The first-order valence-corrected chi connectivity index (χ1v) is 1.04. The van der Waals surface area contributed by atoms with Gasteiger partial charge in [-0.05, 0) is 6.92 Å². The minimum Gasteiger partial charge on any atom is -0.299 e. The van der Waals surface area contributed by atoms with Gasteiger partial charge in [-0.15, -0.1) is 0 Å². The third kappa shape index (κ3) is 1.45. The predicted octanol–water partition coefficient (Wildman–Crippen LogP) is -0.278. The molecule has 0 spiro atoms. The summed E-state index contributed by atoms with van der Waals surface area (Å²) in [7, 11) is 0. The van der Waals surface area contributed by atoms with Crippen LogP contribution >= 0.6 is 0 Å². The summed E-state index contributed by atoms with van der Waals surface area (Å²) in [5.74, 6) is 0. The average Bonchev–Trinajstić information content (AvgIpc) is 1.37. The van der Waals surface area contributed by atoms with Crippen molar-refractivity contribution in [2.45, 2.75) is 6.92 Å². The highest BCUT2D eigenvalue weighted by Crippen LogP contribution is 1.13. The SMILES string of the molecule is C=[N+]=[C-]C. The van der Waals surface area contributed by atoms with E-state index in [9.17, 15) is 0 Å². The van der Waals surface area contributed by atoms with E-state index in [0.29, 0.717) is 0 Å². The summed E-state index contributed by atoms with van der Waals surface area (Å²) in [6.45, 7) is 4.82. The normalized spacial score (nSPS) is 4.25. The monoisotopic (exact) mass is 55.0 g/mol. The average molecular weight is 55.1 g/mol. The number of nitrogens with zero attached hydrogens (tertiary/aromatic N) is 1. The molecule has 0 aliphatic carbocycles. The summed E-state index contributed by atoms with van der Waals surface area (Å²) >= 11 is 0. The summed E-state index contributed by atoms with van der Waals surface area (Å²) in [4.78, 5) is 0. The van der Waals surface area contributed by atoms with Gasteiger partial charge in [-0.3, -0.25) is 4.67 Å². The molecule has 0 rings (SSSR count). The zero-order chi connectivity index (χ0) is 3.41. The molecule has 0 unspecified atom stereocenters. The summed E-state index contributed by atoms with van der Waals surface area (Å²) in [6.07, 6.45) is 2.44. The lowest BCUT2D eigenvalue weighted by Crippen LogP contribution is -1.57. The lowest BCUT2D eigenvalue weighted by atomic mass is 10.9. The summed E-state index contributed by atoms with van der Waals surface area (Å²) in [6, 6.07) is 0. The first kappa shape index (κ1) is 3.45. The molecule has 1 nitrogen and oxygen atoms in total. The van der Waals surface area contributed by atoms with Crippen LogP contribution in [0, 0.1) is 0 Å². The lowest BCUT2D eigenvalue weighted by molar-refractivity contribution is 1.73. The zero-order valence-corrected chi connectivity index (χ0v) is 2.65. The Bertz CT molecular complexity index is 41.2. The van der Waals surface area contributed by atoms with Gasteiger partial charge in [0.25, 0.3) is 0 Å². The second-order valence-electron chi connectivity index (χ2n) is 0.382. The molecular formula is C3H5N. The van der Waals surface area contributed by atoms with Crippen molar-refractivity contribution in [1.82, 2.24) is 4.67 Å². The molecule has 0 aliphatic heterocycles. The van der Waals surface area contributed by atoms with Gasteiger partial charge in [-0.1, -0.05) is 0 Å². The van der Waals surface area contributed by atoms with Gasteiger partial charge in [0, 0.05) is 0 Å². The molecule has 0 bridgehead atoms. The van der Waals surface area contributed by atoms with Crippen molar-refractivity contribution < 1.29 is 0 Å². The summed E-state index contributed by atoms with van der Waals surface area (Å²) in [5, 5.41) is 0. The fourth-order valence-electron chi connectivity index (χ4n) is 0. The fraction of sp³-hybridized carbons (Fsp3) is 0.333. The van der Waals surface area contributed by atoms with Crippen LogP contribution in [-0.2, 0) is 0 Å². The van der Waals surface area contributed by atoms with Crippen LogP contribution in [0.1, 0.15) is 6.92 Å². The van der Waals surface area contributed by atoms with E-state index >= 15 is 0 Å². The first-order chi connectivity index (χ1) is 1.91. The molecular weight excluding hydrogens is 50.0 g/mol. The highest BCUT2D eigenvalue weighted by Gasteiger charge is 1.31. The van der Waals surface area contributed by atoms with Crippen LogP contribution in [0.25, 0.3) is 0 Å². The minimum atomic E-state index is 1.70. The van der Waals surface area contributed by atoms with Gasteiger partial charge in [0.15, 0.2) is 6.21 Å². The number of hydrogen-bond donors (Lipinski definition) is 0. The Labute approximate surface area is 25.7 Å². The van der Waals surface area contributed by atoms with E-state index in [0.717, 1.165) is 0 Å². The maximum absolute atomic E-state index is 3.24. The Kier molecular flexibility index (Phi) is 2.11. The second-order valence-corrected chi connectivity index (χ2v) is 0.382. The molecule has 0 saturated heterocycles. The predicted molar refractivity (Wildman–Crippen MR) is 19.9 cm³/mol. The molecule has 0 atom stereocenters. The summed E-state index contributed by atoms with van der Waals surface area (Å²) in [5.41, 5.74) is 0. The van der Waals surface area contributed by atoms with Gasteiger partial charge in [0.1, 0.15) is 6.72 Å². The molecule has 0 aromatic heterocycles. The van der Waals surface area contributed by atoms with Crippen LogP contribution in [-0.4, -0.2) is 12.9 Å². The van der Waals surface area contributed by atoms with Crippen LogP contribution < -0.4 is 4.67 Å². The van der Waals surface area contributed by atoms with Crippen molar-refractivity contribution in [3.63, 3.8) is 0 Å². The Morgan fingerprint density at radius 1 is 2.00 bits per heavy atom. The largest absolute Gasteiger partial charge is 0.299 e. The molecule has 0 amide bonds. The highest BCUT2D eigenvalue weighted by atomic mass is 14.5. The van der Waals surface area contributed by atoms with Crippen LogP contribution in [0.3, 0.4) is 0 Å². The van der Waals surface area contributed by atoms with Crippen molar-refractivity contribution in [2.24, 2.45) is 0 Å². The first-order valence-electron chi connectivity index (χ1n) is 1.04. The van der Waals surface area contributed by atoms with Gasteiger partial charge in [-0.25, -0.2) is 0 Å². The van der Waals surface area contributed by atoms with Gasteiger partial charge in [0.05, 0.1) is 0 Å². The van der Waals surface area contributed by atoms with Gasteiger partial charge in [0.2, 0.25) is 0 Å². The summed E-state index contributed by atoms with van der Waals surface area (Å²) < 4.78 is 3.24. The van der Waals surface area contributed by atoms with Gasteiger partial charge >= 0.3 is 0 Å². The quantitative estimate of drug-likeness (QED) is 0.205. The highest BCUT2D eigenvalue weighted by molar-refractivity contribution is 5.54. The van der Waals surface area contributed by atoms with E-state index in [1.165, 1.54) is 0 Å². The van der Waals surface area contributed by atoms with Crippen molar-refractivity contribution in [2.75, 3.05) is 0 Å². The van der Waals surface area contributed by atoms with E-state index in [4.69, 9.17) is 0 Å². The molecule has 1 heteroatoms. The Hall–Kier alpha value is -0.550. The van der Waals surface area contributed by atoms with Crippen molar-refractivity contribution in [3.05, 3.63) is 0 Å². The van der Waals surface area contributed by atoms with Crippen molar-refractivity contribution >= 4 is 12.9 Å². The lowest BCUT2D eigenvalue weighted by Gasteiger charge is -1.34. The maximum Gasteiger partial charge on any atom is 0.153 e. The molecule has 22 valence electrons. The van der Waals surface area contributed by atoms with Gasteiger partial charge < -0.3 is 0 Å². The van der Waals surface area contributed by atoms with Crippen LogP contribution in [0.4, 0.5) is 0 Å². The molecule has 0 aliphatic rings. The zero-order valence-electron chi connectivity index (χ0n) is 2.65. The Morgan fingerprint density at radius 2 is 2.25 bits per heavy atom. The Morgan fingerprint density at radius 3 is 2.25 bits per heavy atom. The maximum atomic E-state index is 3.24. The molecule has 0 aromatic carbocycles. The third-order valence-corrected chi connectivity index (χ3v) is 0.158. The molecule has 0 heterocycles. The minimum absolute atomic E-state index is 1.70. The standard InChI is InChI=1S/C3H5N/c1-3-4-2/h2H2,1H3. The van der Waals surface area contributed by atoms with Crippen LogP contribution in [0.5, 0.6) is 0 Å². The molecule has 0 aromatic rings. The van der Waals surface area contributed by atoms with E-state index in [1.807, 2.05) is 0 Å². The van der Waals surface area contributed by atoms with Crippen molar-refractivity contribution in [1.29, 1.82) is 0 Å². The third-order valence-electron chi connectivity index (χ3n) is 0.158.